The Kier molecular flexibility index (Phi) is 4.88. The summed E-state index contributed by atoms with van der Waals surface area (Å²) in [5, 5.41) is 2.96. The summed E-state index contributed by atoms with van der Waals surface area (Å²) >= 11 is 0. The molecule has 3 N–H and O–H groups in total. The maximum absolute atomic E-state index is 13.3. The lowest BCUT2D eigenvalue weighted by Crippen LogP contribution is -2.32. The van der Waals surface area contributed by atoms with Crippen LogP contribution in [0.4, 0.5) is 10.2 Å². The van der Waals surface area contributed by atoms with Gasteiger partial charge in [-0.3, -0.25) is 4.79 Å². The van der Waals surface area contributed by atoms with E-state index in [0.717, 1.165) is 12.0 Å². The SMILES string of the molecule is CC[C@@H](C)NC(=O)c1c(N)n(Cc2ccc(F)cc2)c2nc3ccccc3nc12. The van der Waals surface area contributed by atoms with Gasteiger partial charge in [-0.05, 0) is 43.2 Å². The Morgan fingerprint density at radius 1 is 1.14 bits per heavy atom. The second-order valence-electron chi connectivity index (χ2n) is 7.14. The van der Waals surface area contributed by atoms with E-state index in [9.17, 15) is 9.18 Å². The number of aromatic nitrogens is 3. The van der Waals surface area contributed by atoms with Crippen molar-refractivity contribution in [3.8, 4) is 0 Å². The number of hydrogen-bond donors (Lipinski definition) is 2. The van der Waals surface area contributed by atoms with Gasteiger partial charge in [0.2, 0.25) is 0 Å². The second-order valence-corrected chi connectivity index (χ2v) is 7.14. The summed E-state index contributed by atoms with van der Waals surface area (Å²) in [7, 11) is 0. The summed E-state index contributed by atoms with van der Waals surface area (Å²) in [6.07, 6.45) is 0.800. The molecular formula is C22H22FN5O. The number of para-hydroxylation sites is 2. The molecule has 2 heterocycles. The maximum atomic E-state index is 13.3. The molecule has 0 saturated carbocycles. The number of nitrogens with one attached hydrogen (secondary N) is 1. The van der Waals surface area contributed by atoms with E-state index < -0.39 is 0 Å². The van der Waals surface area contributed by atoms with Crippen molar-refractivity contribution in [2.24, 2.45) is 0 Å². The minimum absolute atomic E-state index is 0.00538. The third-order valence-electron chi connectivity index (χ3n) is 5.06. The van der Waals surface area contributed by atoms with Crippen LogP contribution in [-0.4, -0.2) is 26.5 Å². The zero-order valence-electron chi connectivity index (χ0n) is 16.3. The Bertz CT molecular complexity index is 1200. The number of carbonyl (C=O) groups is 1. The highest BCUT2D eigenvalue weighted by Gasteiger charge is 2.24. The van der Waals surface area contributed by atoms with Crippen LogP contribution in [0.25, 0.3) is 22.2 Å². The van der Waals surface area contributed by atoms with Crippen LogP contribution in [-0.2, 0) is 6.54 Å². The lowest BCUT2D eigenvalue weighted by Gasteiger charge is -2.11. The van der Waals surface area contributed by atoms with Gasteiger partial charge in [-0.2, -0.15) is 0 Å². The number of hydrogen-bond acceptors (Lipinski definition) is 4. The van der Waals surface area contributed by atoms with Crippen LogP contribution >= 0.6 is 0 Å². The number of fused-ring (bicyclic) bond motifs is 2. The van der Waals surface area contributed by atoms with Gasteiger partial charge in [0, 0.05) is 6.04 Å². The third-order valence-corrected chi connectivity index (χ3v) is 5.06. The molecule has 0 bridgehead atoms. The highest BCUT2D eigenvalue weighted by atomic mass is 19.1. The maximum Gasteiger partial charge on any atom is 0.257 e. The zero-order valence-corrected chi connectivity index (χ0v) is 16.3. The number of rotatable bonds is 5. The van der Waals surface area contributed by atoms with E-state index in [4.69, 9.17) is 10.7 Å². The van der Waals surface area contributed by atoms with Crippen molar-refractivity contribution in [2.45, 2.75) is 32.9 Å². The predicted molar refractivity (Wildman–Crippen MR) is 112 cm³/mol. The van der Waals surface area contributed by atoms with Crippen LogP contribution in [0.5, 0.6) is 0 Å². The number of amides is 1. The first kappa shape index (κ1) is 18.9. The highest BCUT2D eigenvalue weighted by molar-refractivity contribution is 6.10. The molecule has 29 heavy (non-hydrogen) atoms. The van der Waals surface area contributed by atoms with Crippen LogP contribution in [0.2, 0.25) is 0 Å². The van der Waals surface area contributed by atoms with E-state index >= 15 is 0 Å². The minimum Gasteiger partial charge on any atom is -0.384 e. The molecule has 1 atom stereocenters. The summed E-state index contributed by atoms with van der Waals surface area (Å²) < 4.78 is 15.0. The molecule has 4 rings (SSSR count). The largest absolute Gasteiger partial charge is 0.384 e. The van der Waals surface area contributed by atoms with Gasteiger partial charge < -0.3 is 15.6 Å². The van der Waals surface area contributed by atoms with Crippen LogP contribution in [0.3, 0.4) is 0 Å². The minimum atomic E-state index is -0.307. The Morgan fingerprint density at radius 2 is 1.79 bits per heavy atom. The first-order valence-electron chi connectivity index (χ1n) is 9.57. The average Bonchev–Trinajstić information content (AvgIpc) is 2.98. The van der Waals surface area contributed by atoms with Crippen LogP contribution in [0.1, 0.15) is 36.2 Å². The van der Waals surface area contributed by atoms with Gasteiger partial charge >= 0.3 is 0 Å². The van der Waals surface area contributed by atoms with Gasteiger partial charge in [0.25, 0.3) is 5.91 Å². The molecule has 0 unspecified atom stereocenters. The number of carbonyl (C=O) groups excluding carboxylic acids is 1. The third kappa shape index (κ3) is 3.51. The number of nitrogens with zero attached hydrogens (tertiary/aromatic N) is 3. The first-order chi connectivity index (χ1) is 14.0. The van der Waals surface area contributed by atoms with Gasteiger partial charge in [0.15, 0.2) is 5.65 Å². The number of benzene rings is 2. The molecule has 2 aromatic heterocycles. The van der Waals surface area contributed by atoms with Gasteiger partial charge in [-0.25, -0.2) is 14.4 Å². The lowest BCUT2D eigenvalue weighted by atomic mass is 10.2. The van der Waals surface area contributed by atoms with Gasteiger partial charge in [0.1, 0.15) is 22.7 Å². The van der Waals surface area contributed by atoms with Crippen molar-refractivity contribution in [3.05, 3.63) is 65.5 Å². The number of nitrogen functional groups attached to an aromatic ring is 1. The van der Waals surface area contributed by atoms with E-state index in [1.807, 2.05) is 38.1 Å². The molecule has 0 spiro atoms. The monoisotopic (exact) mass is 391 g/mol. The fourth-order valence-electron chi connectivity index (χ4n) is 3.27. The summed E-state index contributed by atoms with van der Waals surface area (Å²) in [4.78, 5) is 22.4. The molecule has 0 saturated heterocycles. The summed E-state index contributed by atoms with van der Waals surface area (Å²) in [6, 6.07) is 13.7. The molecule has 4 aromatic rings. The molecule has 6 nitrogen and oxygen atoms in total. The smallest absolute Gasteiger partial charge is 0.257 e. The summed E-state index contributed by atoms with van der Waals surface area (Å²) in [5.41, 5.74) is 9.98. The Balaban J connectivity index is 1.91. The van der Waals surface area contributed by atoms with Gasteiger partial charge in [-0.1, -0.05) is 31.2 Å². The van der Waals surface area contributed by atoms with Crippen molar-refractivity contribution in [2.75, 3.05) is 5.73 Å². The molecule has 148 valence electrons. The Morgan fingerprint density at radius 3 is 2.45 bits per heavy atom. The topological polar surface area (TPSA) is 85.8 Å². The highest BCUT2D eigenvalue weighted by Crippen LogP contribution is 2.29. The Hall–Kier alpha value is -3.48. The van der Waals surface area contributed by atoms with Gasteiger partial charge in [0.05, 0.1) is 17.6 Å². The van der Waals surface area contributed by atoms with Gasteiger partial charge in [-0.15, -0.1) is 0 Å². The predicted octanol–water partition coefficient (Wildman–Crippen LogP) is 3.88. The fourth-order valence-corrected chi connectivity index (χ4v) is 3.27. The van der Waals surface area contributed by atoms with Crippen molar-refractivity contribution in [3.63, 3.8) is 0 Å². The molecule has 7 heteroatoms. The van der Waals surface area contributed by atoms with Crippen LogP contribution in [0, 0.1) is 5.82 Å². The summed E-state index contributed by atoms with van der Waals surface area (Å²) in [6.45, 7) is 4.29. The molecule has 0 fully saturated rings. The van der Waals surface area contributed by atoms with Crippen LogP contribution in [0.15, 0.2) is 48.5 Å². The molecular weight excluding hydrogens is 369 g/mol. The number of nitrogens with two attached hydrogens (primary N) is 1. The first-order valence-corrected chi connectivity index (χ1v) is 9.57. The second kappa shape index (κ2) is 7.50. The van der Waals surface area contributed by atoms with E-state index in [1.54, 1.807) is 16.7 Å². The van der Waals surface area contributed by atoms with Crippen molar-refractivity contribution in [1.29, 1.82) is 0 Å². The molecule has 0 radical (unpaired) electrons. The summed E-state index contributed by atoms with van der Waals surface area (Å²) in [5.74, 6) is -0.289. The molecule has 2 aromatic carbocycles. The number of anilines is 1. The molecule has 0 aliphatic heterocycles. The van der Waals surface area contributed by atoms with E-state index in [0.29, 0.717) is 40.1 Å². The van der Waals surface area contributed by atoms with E-state index in [1.165, 1.54) is 12.1 Å². The van der Waals surface area contributed by atoms with Crippen molar-refractivity contribution < 1.29 is 9.18 Å². The lowest BCUT2D eigenvalue weighted by molar-refractivity contribution is 0.0941. The van der Waals surface area contributed by atoms with Crippen molar-refractivity contribution in [1.82, 2.24) is 19.9 Å². The standard InChI is InChI=1S/C22H22FN5O/c1-3-13(2)25-22(29)18-19-21(27-17-7-5-4-6-16(17)26-19)28(20(18)24)12-14-8-10-15(23)11-9-14/h4-11,13H,3,12,24H2,1-2H3,(H,25,29)/t13-/m1/s1. The number of halogens is 1. The van der Waals surface area contributed by atoms with Crippen molar-refractivity contribution >= 4 is 33.9 Å². The molecule has 0 aliphatic carbocycles. The zero-order chi connectivity index (χ0) is 20.5. The van der Waals surface area contributed by atoms with E-state index in [-0.39, 0.29) is 17.8 Å². The quantitative estimate of drug-likeness (QED) is 0.541. The normalized spacial score (nSPS) is 12.4. The fraction of sp³-hybridized carbons (Fsp3) is 0.227. The van der Waals surface area contributed by atoms with Crippen LogP contribution < -0.4 is 11.1 Å². The van der Waals surface area contributed by atoms with E-state index in [2.05, 4.69) is 10.3 Å². The molecule has 1 amide bonds. The Labute approximate surface area is 167 Å². The molecule has 0 aliphatic rings. The average molecular weight is 391 g/mol.